The van der Waals surface area contributed by atoms with E-state index >= 15 is 0 Å². The Balaban J connectivity index is 2.14. The van der Waals surface area contributed by atoms with Gasteiger partial charge in [-0.3, -0.25) is 0 Å². The highest BCUT2D eigenvalue weighted by Crippen LogP contribution is 2.31. The third kappa shape index (κ3) is 2.36. The first-order valence-corrected chi connectivity index (χ1v) is 6.44. The van der Waals surface area contributed by atoms with Crippen molar-refractivity contribution in [3.63, 3.8) is 0 Å². The molecule has 3 aromatic rings. The normalized spacial score (nSPS) is 10.9. The SMILES string of the molecule is COc1cc(F)ccc1Nc1c(C)c(Cl)nc2ncnn12. The second-order valence-electron chi connectivity index (χ2n) is 4.32. The summed E-state index contributed by atoms with van der Waals surface area (Å²) in [6, 6.07) is 4.20. The van der Waals surface area contributed by atoms with E-state index in [4.69, 9.17) is 16.3 Å². The molecule has 2 heterocycles. The van der Waals surface area contributed by atoms with Gasteiger partial charge in [0.15, 0.2) is 0 Å². The van der Waals surface area contributed by atoms with Crippen molar-refractivity contribution in [3.05, 3.63) is 41.1 Å². The molecule has 0 spiro atoms. The molecule has 0 amide bonds. The molecule has 0 saturated heterocycles. The number of rotatable bonds is 3. The molecule has 6 nitrogen and oxygen atoms in total. The van der Waals surface area contributed by atoms with Crippen molar-refractivity contribution < 1.29 is 9.13 Å². The first-order chi connectivity index (χ1) is 10.1. The summed E-state index contributed by atoms with van der Waals surface area (Å²) in [6.45, 7) is 1.80. The predicted molar refractivity (Wildman–Crippen MR) is 76.8 cm³/mol. The van der Waals surface area contributed by atoms with Crippen LogP contribution in [0.4, 0.5) is 15.9 Å². The number of anilines is 2. The number of aromatic nitrogens is 4. The molecule has 0 aliphatic heterocycles. The van der Waals surface area contributed by atoms with Crippen LogP contribution in [-0.4, -0.2) is 26.7 Å². The van der Waals surface area contributed by atoms with E-state index in [9.17, 15) is 4.39 Å². The van der Waals surface area contributed by atoms with Gasteiger partial charge in [-0.25, -0.2) is 4.39 Å². The molecule has 0 bridgehead atoms. The minimum Gasteiger partial charge on any atom is -0.494 e. The van der Waals surface area contributed by atoms with Gasteiger partial charge in [0.1, 0.15) is 28.9 Å². The van der Waals surface area contributed by atoms with Crippen molar-refractivity contribution in [2.24, 2.45) is 0 Å². The molecule has 2 aromatic heterocycles. The molecule has 0 radical (unpaired) electrons. The molecule has 0 aliphatic rings. The molecule has 0 saturated carbocycles. The van der Waals surface area contributed by atoms with Gasteiger partial charge in [-0.05, 0) is 19.1 Å². The molecule has 0 unspecified atom stereocenters. The van der Waals surface area contributed by atoms with Gasteiger partial charge in [0.05, 0.1) is 12.8 Å². The molecule has 3 rings (SSSR count). The zero-order valence-electron chi connectivity index (χ0n) is 11.3. The van der Waals surface area contributed by atoms with E-state index in [-0.39, 0.29) is 5.82 Å². The van der Waals surface area contributed by atoms with Crippen molar-refractivity contribution >= 4 is 28.9 Å². The highest BCUT2D eigenvalue weighted by Gasteiger charge is 2.14. The number of fused-ring (bicyclic) bond motifs is 1. The van der Waals surface area contributed by atoms with Crippen LogP contribution >= 0.6 is 11.6 Å². The summed E-state index contributed by atoms with van der Waals surface area (Å²) in [5.41, 5.74) is 1.28. The number of benzene rings is 1. The number of hydrogen-bond donors (Lipinski definition) is 1. The van der Waals surface area contributed by atoms with Crippen LogP contribution in [0.15, 0.2) is 24.5 Å². The van der Waals surface area contributed by atoms with E-state index in [0.717, 1.165) is 0 Å². The van der Waals surface area contributed by atoms with Gasteiger partial charge in [-0.2, -0.15) is 19.6 Å². The fourth-order valence-electron chi connectivity index (χ4n) is 1.94. The summed E-state index contributed by atoms with van der Waals surface area (Å²) >= 11 is 6.09. The van der Waals surface area contributed by atoms with E-state index in [2.05, 4.69) is 20.4 Å². The topological polar surface area (TPSA) is 64.3 Å². The van der Waals surface area contributed by atoms with E-state index in [1.165, 1.54) is 30.1 Å². The van der Waals surface area contributed by atoms with E-state index in [1.54, 1.807) is 13.0 Å². The largest absolute Gasteiger partial charge is 0.494 e. The first-order valence-electron chi connectivity index (χ1n) is 6.06. The summed E-state index contributed by atoms with van der Waals surface area (Å²) in [5, 5.41) is 7.55. The lowest BCUT2D eigenvalue weighted by Crippen LogP contribution is -2.06. The first kappa shape index (κ1) is 13.6. The second kappa shape index (κ2) is 5.17. The predicted octanol–water partition coefficient (Wildman–Crippen LogP) is 2.98. The maximum Gasteiger partial charge on any atom is 0.255 e. The number of methoxy groups -OCH3 is 1. The monoisotopic (exact) mass is 307 g/mol. The van der Waals surface area contributed by atoms with Gasteiger partial charge in [-0.1, -0.05) is 11.6 Å². The van der Waals surface area contributed by atoms with Crippen LogP contribution in [0.25, 0.3) is 5.78 Å². The molecule has 108 valence electrons. The van der Waals surface area contributed by atoms with Gasteiger partial charge in [0, 0.05) is 11.6 Å². The Morgan fingerprint density at radius 1 is 1.38 bits per heavy atom. The molecular formula is C13H11ClFN5O. The fourth-order valence-corrected chi connectivity index (χ4v) is 2.11. The highest BCUT2D eigenvalue weighted by molar-refractivity contribution is 6.30. The average Bonchev–Trinajstić information content (AvgIpc) is 2.92. The van der Waals surface area contributed by atoms with Gasteiger partial charge in [0.25, 0.3) is 5.78 Å². The fraction of sp³-hybridized carbons (Fsp3) is 0.154. The van der Waals surface area contributed by atoms with Crippen LogP contribution in [0.2, 0.25) is 5.15 Å². The lowest BCUT2D eigenvalue weighted by Gasteiger charge is -2.14. The van der Waals surface area contributed by atoms with Crippen LogP contribution < -0.4 is 10.1 Å². The summed E-state index contributed by atoms with van der Waals surface area (Å²) in [7, 11) is 1.47. The van der Waals surface area contributed by atoms with Gasteiger partial charge >= 0.3 is 0 Å². The zero-order chi connectivity index (χ0) is 15.0. The molecule has 1 aromatic carbocycles. The summed E-state index contributed by atoms with van der Waals surface area (Å²) in [5.74, 6) is 0.949. The maximum atomic E-state index is 13.3. The molecule has 0 fully saturated rings. The van der Waals surface area contributed by atoms with Crippen molar-refractivity contribution in [1.82, 2.24) is 19.6 Å². The standard InChI is InChI=1S/C13H11ClFN5O/c1-7-11(14)19-13-16-6-17-20(13)12(7)18-9-4-3-8(15)5-10(9)21-2/h3-6,18H,1-2H3. The van der Waals surface area contributed by atoms with Crippen LogP contribution in [0.3, 0.4) is 0 Å². The molecular weight excluding hydrogens is 297 g/mol. The molecule has 0 aliphatic carbocycles. The van der Waals surface area contributed by atoms with Gasteiger partial charge in [0.2, 0.25) is 0 Å². The smallest absolute Gasteiger partial charge is 0.255 e. The van der Waals surface area contributed by atoms with Gasteiger partial charge < -0.3 is 10.1 Å². The molecule has 8 heteroatoms. The quantitative estimate of drug-likeness (QED) is 0.754. The van der Waals surface area contributed by atoms with E-state index in [1.807, 2.05) is 0 Å². The number of nitrogens with one attached hydrogen (secondary N) is 1. The van der Waals surface area contributed by atoms with E-state index in [0.29, 0.717) is 33.7 Å². The molecule has 1 N–H and O–H groups in total. The Bertz CT molecular complexity index is 820. The third-order valence-corrected chi connectivity index (χ3v) is 3.39. The van der Waals surface area contributed by atoms with Crippen LogP contribution in [0.1, 0.15) is 5.56 Å². The van der Waals surface area contributed by atoms with Crippen molar-refractivity contribution in [3.8, 4) is 5.75 Å². The van der Waals surface area contributed by atoms with Crippen LogP contribution in [0.5, 0.6) is 5.75 Å². The number of hydrogen-bond acceptors (Lipinski definition) is 5. The Morgan fingerprint density at radius 3 is 2.95 bits per heavy atom. The maximum absolute atomic E-state index is 13.3. The average molecular weight is 308 g/mol. The Morgan fingerprint density at radius 2 is 2.19 bits per heavy atom. The van der Waals surface area contributed by atoms with Crippen LogP contribution in [-0.2, 0) is 0 Å². The highest BCUT2D eigenvalue weighted by atomic mass is 35.5. The zero-order valence-corrected chi connectivity index (χ0v) is 12.0. The lowest BCUT2D eigenvalue weighted by atomic mass is 10.2. The minimum atomic E-state index is -0.382. The Kier molecular flexibility index (Phi) is 3.34. The molecule has 21 heavy (non-hydrogen) atoms. The minimum absolute atomic E-state index is 0.319. The second-order valence-corrected chi connectivity index (χ2v) is 4.68. The van der Waals surface area contributed by atoms with Crippen molar-refractivity contribution in [1.29, 1.82) is 0 Å². The van der Waals surface area contributed by atoms with E-state index < -0.39 is 0 Å². The number of halogens is 2. The molecule has 0 atom stereocenters. The van der Waals surface area contributed by atoms with Crippen LogP contribution in [0, 0.1) is 12.7 Å². The summed E-state index contributed by atoms with van der Waals surface area (Å²) in [6.07, 6.45) is 1.38. The summed E-state index contributed by atoms with van der Waals surface area (Å²) in [4.78, 5) is 8.12. The lowest BCUT2D eigenvalue weighted by molar-refractivity contribution is 0.413. The Labute approximate surface area is 124 Å². The van der Waals surface area contributed by atoms with Crippen molar-refractivity contribution in [2.75, 3.05) is 12.4 Å². The number of nitrogens with zero attached hydrogens (tertiary/aromatic N) is 4. The third-order valence-electron chi connectivity index (χ3n) is 3.02. The van der Waals surface area contributed by atoms with Gasteiger partial charge in [-0.15, -0.1) is 0 Å². The summed E-state index contributed by atoms with van der Waals surface area (Å²) < 4.78 is 19.9. The Hall–Kier alpha value is -2.41. The number of ether oxygens (including phenoxy) is 1. The van der Waals surface area contributed by atoms with Crippen molar-refractivity contribution in [2.45, 2.75) is 6.92 Å².